The summed E-state index contributed by atoms with van der Waals surface area (Å²) in [4.78, 5) is 0. The molecule has 0 atom stereocenters. The quantitative estimate of drug-likeness (QED) is 0.119. The highest BCUT2D eigenvalue weighted by Crippen LogP contribution is 2.33. The normalized spacial score (nSPS) is 11.6. The molecule has 0 spiro atoms. The van der Waals surface area contributed by atoms with E-state index in [0.29, 0.717) is 0 Å². The minimum Gasteiger partial charge on any atom is -0.309 e. The third-order valence-electron chi connectivity index (χ3n) is 10.1. The smallest absolute Gasteiger partial charge is 0.180 e. The number of rotatable bonds is 7. The number of hydrogen-bond acceptors (Lipinski definition) is 0. The molecule has 0 radical (unpaired) electrons. The standard InChI is InChI=1S/C48H35NSi/c1-6-19-36(20-7-1)38-33-39(37-21-8-2-9-22-37)35-43(34-38)50(41-25-12-4-13-26-41,42-27-14-5-15-28-42)47-32-18-31-46-48(47)44-29-16-17-30-45(44)49(46)40-23-10-3-11-24-40/h1-35H. The van der Waals surface area contributed by atoms with E-state index in [0.717, 1.165) is 0 Å². The van der Waals surface area contributed by atoms with Gasteiger partial charge in [0.05, 0.1) is 11.0 Å². The highest BCUT2D eigenvalue weighted by atomic mass is 28.3. The first kappa shape index (κ1) is 29.9. The van der Waals surface area contributed by atoms with E-state index in [1.165, 1.54) is 70.5 Å². The van der Waals surface area contributed by atoms with E-state index in [1.54, 1.807) is 0 Å². The van der Waals surface area contributed by atoms with Gasteiger partial charge in [-0.3, -0.25) is 0 Å². The van der Waals surface area contributed by atoms with Crippen LogP contribution >= 0.6 is 0 Å². The van der Waals surface area contributed by atoms with Crippen LogP contribution in [0.5, 0.6) is 0 Å². The number of hydrogen-bond donors (Lipinski definition) is 0. The second kappa shape index (κ2) is 12.7. The lowest BCUT2D eigenvalue weighted by Crippen LogP contribution is -2.75. The van der Waals surface area contributed by atoms with Crippen LogP contribution < -0.4 is 20.7 Å². The summed E-state index contributed by atoms with van der Waals surface area (Å²) in [5.41, 5.74) is 8.49. The molecule has 0 aliphatic rings. The summed E-state index contributed by atoms with van der Waals surface area (Å²) in [6.07, 6.45) is 0. The number of benzene rings is 8. The number of nitrogens with zero attached hydrogens (tertiary/aromatic N) is 1. The third-order valence-corrected chi connectivity index (χ3v) is 14.9. The molecular weight excluding hydrogens is 619 g/mol. The molecule has 50 heavy (non-hydrogen) atoms. The minimum atomic E-state index is -3.01. The topological polar surface area (TPSA) is 4.93 Å². The largest absolute Gasteiger partial charge is 0.309 e. The van der Waals surface area contributed by atoms with Crippen molar-refractivity contribution >= 4 is 50.6 Å². The maximum atomic E-state index is 2.49. The molecule has 0 bridgehead atoms. The molecule has 0 saturated carbocycles. The minimum absolute atomic E-state index is 1.17. The first-order valence-electron chi connectivity index (χ1n) is 17.3. The summed E-state index contributed by atoms with van der Waals surface area (Å²) in [6.45, 7) is 0. The van der Waals surface area contributed by atoms with Crippen LogP contribution in [0.25, 0.3) is 49.7 Å². The Morgan fingerprint density at radius 1 is 0.320 bits per heavy atom. The molecule has 8 aromatic carbocycles. The molecule has 9 rings (SSSR count). The van der Waals surface area contributed by atoms with Gasteiger partial charge in [0.15, 0.2) is 8.07 Å². The molecule has 236 valence electrons. The van der Waals surface area contributed by atoms with Gasteiger partial charge in [0.1, 0.15) is 0 Å². The Hall–Kier alpha value is -6.22. The van der Waals surface area contributed by atoms with E-state index in [1.807, 2.05) is 0 Å². The third kappa shape index (κ3) is 4.92. The molecule has 0 fully saturated rings. The first-order valence-corrected chi connectivity index (χ1v) is 19.3. The van der Waals surface area contributed by atoms with Crippen molar-refractivity contribution < 1.29 is 0 Å². The average Bonchev–Trinajstić information content (AvgIpc) is 3.55. The van der Waals surface area contributed by atoms with Crippen LogP contribution in [0.2, 0.25) is 0 Å². The molecule has 0 aliphatic carbocycles. The summed E-state index contributed by atoms with van der Waals surface area (Å²) < 4.78 is 2.44. The lowest BCUT2D eigenvalue weighted by molar-refractivity contribution is 1.18. The van der Waals surface area contributed by atoms with Crippen molar-refractivity contribution in [2.45, 2.75) is 0 Å². The zero-order valence-corrected chi connectivity index (χ0v) is 28.7. The fourth-order valence-corrected chi connectivity index (χ4v) is 13.0. The van der Waals surface area contributed by atoms with Gasteiger partial charge in [-0.25, -0.2) is 0 Å². The van der Waals surface area contributed by atoms with E-state index in [4.69, 9.17) is 0 Å². The van der Waals surface area contributed by atoms with Crippen LogP contribution in [-0.4, -0.2) is 12.6 Å². The molecule has 0 amide bonds. The first-order chi connectivity index (χ1) is 24.8. The summed E-state index contributed by atoms with van der Waals surface area (Å²) in [6, 6.07) is 78.4. The molecule has 1 aromatic heterocycles. The van der Waals surface area contributed by atoms with Crippen molar-refractivity contribution in [3.8, 4) is 27.9 Å². The van der Waals surface area contributed by atoms with Crippen molar-refractivity contribution in [3.63, 3.8) is 0 Å². The molecule has 0 saturated heterocycles. The van der Waals surface area contributed by atoms with E-state index < -0.39 is 8.07 Å². The van der Waals surface area contributed by atoms with E-state index in [2.05, 4.69) is 217 Å². The Balaban J connectivity index is 1.48. The van der Waals surface area contributed by atoms with Gasteiger partial charge in [0, 0.05) is 16.5 Å². The SMILES string of the molecule is c1ccc(-c2cc(-c3ccccc3)cc([Si](c3ccccc3)(c3ccccc3)c3cccc4c3c3ccccc3n4-c3ccccc3)c2)cc1. The van der Waals surface area contributed by atoms with Crippen LogP contribution in [0.15, 0.2) is 212 Å². The van der Waals surface area contributed by atoms with Crippen LogP contribution in [0, 0.1) is 0 Å². The molecule has 1 nitrogen and oxygen atoms in total. The van der Waals surface area contributed by atoms with Gasteiger partial charge < -0.3 is 4.57 Å². The van der Waals surface area contributed by atoms with Gasteiger partial charge >= 0.3 is 0 Å². The van der Waals surface area contributed by atoms with Crippen LogP contribution in [0.1, 0.15) is 0 Å². The maximum absolute atomic E-state index is 3.01. The lowest BCUT2D eigenvalue weighted by atomic mass is 9.99. The number of para-hydroxylation sites is 2. The van der Waals surface area contributed by atoms with Crippen LogP contribution in [-0.2, 0) is 0 Å². The predicted molar refractivity (Wildman–Crippen MR) is 215 cm³/mol. The van der Waals surface area contributed by atoms with Crippen LogP contribution in [0.3, 0.4) is 0 Å². The van der Waals surface area contributed by atoms with Crippen molar-refractivity contribution in [3.05, 3.63) is 212 Å². The van der Waals surface area contributed by atoms with Gasteiger partial charge in [-0.15, -0.1) is 0 Å². The second-order valence-electron chi connectivity index (χ2n) is 12.9. The number of aromatic nitrogens is 1. The zero-order valence-electron chi connectivity index (χ0n) is 27.7. The summed E-state index contributed by atoms with van der Waals surface area (Å²) >= 11 is 0. The molecule has 9 aromatic rings. The van der Waals surface area contributed by atoms with Gasteiger partial charge in [-0.2, -0.15) is 0 Å². The Kier molecular flexibility index (Phi) is 7.57. The summed E-state index contributed by atoms with van der Waals surface area (Å²) in [5.74, 6) is 0. The van der Waals surface area contributed by atoms with Crippen molar-refractivity contribution in [1.29, 1.82) is 0 Å². The van der Waals surface area contributed by atoms with Gasteiger partial charge in [-0.05, 0) is 73.3 Å². The monoisotopic (exact) mass is 653 g/mol. The molecule has 0 unspecified atom stereocenters. The molecule has 0 aliphatic heterocycles. The Labute approximate surface area is 294 Å². The van der Waals surface area contributed by atoms with Crippen molar-refractivity contribution in [2.24, 2.45) is 0 Å². The Bertz CT molecular complexity index is 2460. The maximum Gasteiger partial charge on any atom is 0.180 e. The molecule has 1 heterocycles. The van der Waals surface area contributed by atoms with Gasteiger partial charge in [0.25, 0.3) is 0 Å². The predicted octanol–water partition coefficient (Wildman–Crippen LogP) is 9.50. The summed E-state index contributed by atoms with van der Waals surface area (Å²) in [7, 11) is -3.01. The lowest BCUT2D eigenvalue weighted by Gasteiger charge is -2.36. The molecule has 0 N–H and O–H groups in total. The highest BCUT2D eigenvalue weighted by molar-refractivity contribution is 7.21. The molecular formula is C48H35NSi. The van der Waals surface area contributed by atoms with Gasteiger partial charge in [0.2, 0.25) is 0 Å². The van der Waals surface area contributed by atoms with Crippen molar-refractivity contribution in [1.82, 2.24) is 4.57 Å². The second-order valence-corrected chi connectivity index (χ2v) is 16.7. The molecule has 2 heteroatoms. The number of fused-ring (bicyclic) bond motifs is 3. The van der Waals surface area contributed by atoms with Crippen LogP contribution in [0.4, 0.5) is 0 Å². The Morgan fingerprint density at radius 2 is 0.780 bits per heavy atom. The zero-order chi connectivity index (χ0) is 33.3. The van der Waals surface area contributed by atoms with E-state index in [-0.39, 0.29) is 0 Å². The fraction of sp³-hybridized carbons (Fsp3) is 0. The summed E-state index contributed by atoms with van der Waals surface area (Å²) in [5, 5.41) is 8.06. The Morgan fingerprint density at radius 3 is 1.34 bits per heavy atom. The fourth-order valence-electron chi connectivity index (χ4n) is 7.97. The average molecular weight is 654 g/mol. The van der Waals surface area contributed by atoms with Gasteiger partial charge in [-0.1, -0.05) is 182 Å². The van der Waals surface area contributed by atoms with E-state index >= 15 is 0 Å². The van der Waals surface area contributed by atoms with E-state index in [9.17, 15) is 0 Å². The van der Waals surface area contributed by atoms with Crippen molar-refractivity contribution in [2.75, 3.05) is 0 Å². The highest BCUT2D eigenvalue weighted by Gasteiger charge is 2.43.